The zero-order valence-corrected chi connectivity index (χ0v) is 17.1. The van der Waals surface area contributed by atoms with Gasteiger partial charge < -0.3 is 14.7 Å². The molecule has 3 aliphatic heterocycles. The molecule has 0 bridgehead atoms. The van der Waals surface area contributed by atoms with Crippen LogP contribution < -0.4 is 0 Å². The Morgan fingerprint density at radius 3 is 2.79 bits per heavy atom. The maximum atomic E-state index is 12.8. The second kappa shape index (κ2) is 8.15. The van der Waals surface area contributed by atoms with Crippen molar-refractivity contribution in [3.05, 3.63) is 23.3 Å². The molecule has 0 aliphatic carbocycles. The average molecular weight is 386 g/mol. The number of hydrogen-bond donors (Lipinski definition) is 0. The van der Waals surface area contributed by atoms with Crippen molar-refractivity contribution < 1.29 is 9.59 Å². The molecule has 7 heteroatoms. The van der Waals surface area contributed by atoms with Crippen LogP contribution in [0.15, 0.2) is 6.20 Å². The predicted octanol–water partition coefficient (Wildman–Crippen LogP) is 1.57. The molecule has 2 saturated heterocycles. The van der Waals surface area contributed by atoms with Crippen molar-refractivity contribution >= 4 is 11.8 Å². The number of nitrogens with zero attached hydrogens (tertiary/aromatic N) is 5. The first kappa shape index (κ1) is 19.3. The maximum absolute atomic E-state index is 12.8. The highest BCUT2D eigenvalue weighted by molar-refractivity contribution is 5.77. The standard InChI is InChI=1S/C21H31N5O2/c1-15(27)25-10-7-19-17(14-25)12-22-21(23-19)16-6-9-26(13-16)20(28)11-18-5-3-4-8-24(18)2/h12,16,18H,3-11,13-14H2,1-2H3/t16-,18-/m1/s1. The molecule has 7 nitrogen and oxygen atoms in total. The summed E-state index contributed by atoms with van der Waals surface area (Å²) in [5, 5.41) is 0. The highest BCUT2D eigenvalue weighted by atomic mass is 16.2. The van der Waals surface area contributed by atoms with E-state index in [1.807, 2.05) is 16.0 Å². The van der Waals surface area contributed by atoms with E-state index in [2.05, 4.69) is 16.9 Å². The summed E-state index contributed by atoms with van der Waals surface area (Å²) in [4.78, 5) is 40.0. The molecule has 0 saturated carbocycles. The van der Waals surface area contributed by atoms with Gasteiger partial charge in [-0.3, -0.25) is 9.59 Å². The SMILES string of the molecule is CC(=O)N1CCc2nc([C@@H]3CCN(C(=O)C[C@H]4CCCCN4C)C3)ncc2C1. The lowest BCUT2D eigenvalue weighted by atomic mass is 9.99. The fraction of sp³-hybridized carbons (Fsp3) is 0.714. The highest BCUT2D eigenvalue weighted by Gasteiger charge is 2.32. The van der Waals surface area contributed by atoms with Crippen molar-refractivity contribution in [2.75, 3.05) is 33.2 Å². The van der Waals surface area contributed by atoms with Gasteiger partial charge in [0.2, 0.25) is 11.8 Å². The van der Waals surface area contributed by atoms with Crippen molar-refractivity contribution in [3.63, 3.8) is 0 Å². The van der Waals surface area contributed by atoms with Gasteiger partial charge in [0, 0.05) is 69.7 Å². The summed E-state index contributed by atoms with van der Waals surface area (Å²) in [5.74, 6) is 1.46. The monoisotopic (exact) mass is 385 g/mol. The third-order valence-corrected chi connectivity index (χ3v) is 6.64. The van der Waals surface area contributed by atoms with Crippen LogP contribution >= 0.6 is 0 Å². The molecule has 2 amide bonds. The van der Waals surface area contributed by atoms with Gasteiger partial charge in [0.05, 0.1) is 5.69 Å². The number of rotatable bonds is 3. The van der Waals surface area contributed by atoms with Crippen molar-refractivity contribution in [3.8, 4) is 0 Å². The molecule has 152 valence electrons. The van der Waals surface area contributed by atoms with Crippen molar-refractivity contribution in [2.45, 2.75) is 64.0 Å². The quantitative estimate of drug-likeness (QED) is 0.790. The minimum Gasteiger partial charge on any atom is -0.342 e. The summed E-state index contributed by atoms with van der Waals surface area (Å²) < 4.78 is 0. The Morgan fingerprint density at radius 2 is 2.00 bits per heavy atom. The Balaban J connectivity index is 1.36. The number of fused-ring (bicyclic) bond motifs is 1. The average Bonchev–Trinajstić information content (AvgIpc) is 3.19. The molecule has 1 aromatic rings. The van der Waals surface area contributed by atoms with E-state index in [0.29, 0.717) is 19.0 Å². The summed E-state index contributed by atoms with van der Waals surface area (Å²) in [5.41, 5.74) is 2.12. The molecule has 28 heavy (non-hydrogen) atoms. The van der Waals surface area contributed by atoms with Crippen LogP contribution in [0.3, 0.4) is 0 Å². The lowest BCUT2D eigenvalue weighted by Crippen LogP contribution is -2.41. The van der Waals surface area contributed by atoms with Gasteiger partial charge in [-0.2, -0.15) is 0 Å². The van der Waals surface area contributed by atoms with Crippen LogP contribution in [0.1, 0.15) is 62.0 Å². The van der Waals surface area contributed by atoms with Crippen molar-refractivity contribution in [2.24, 2.45) is 0 Å². The molecule has 2 fully saturated rings. The molecule has 0 spiro atoms. The third-order valence-electron chi connectivity index (χ3n) is 6.64. The Hall–Kier alpha value is -2.02. The van der Waals surface area contributed by atoms with Gasteiger partial charge in [0.1, 0.15) is 5.82 Å². The smallest absolute Gasteiger partial charge is 0.224 e. The van der Waals surface area contributed by atoms with Gasteiger partial charge in [0.25, 0.3) is 0 Å². The Labute approximate surface area is 167 Å². The van der Waals surface area contributed by atoms with Gasteiger partial charge in [-0.25, -0.2) is 9.97 Å². The van der Waals surface area contributed by atoms with Gasteiger partial charge >= 0.3 is 0 Å². The number of likely N-dealkylation sites (tertiary alicyclic amines) is 2. The largest absolute Gasteiger partial charge is 0.342 e. The van der Waals surface area contributed by atoms with Gasteiger partial charge in [-0.05, 0) is 32.9 Å². The van der Waals surface area contributed by atoms with E-state index in [-0.39, 0.29) is 17.7 Å². The molecule has 0 aromatic carbocycles. The zero-order valence-electron chi connectivity index (χ0n) is 17.1. The van der Waals surface area contributed by atoms with E-state index in [1.165, 1.54) is 12.8 Å². The van der Waals surface area contributed by atoms with Gasteiger partial charge in [-0.1, -0.05) is 6.42 Å². The van der Waals surface area contributed by atoms with Crippen LogP contribution in [0.5, 0.6) is 0 Å². The van der Waals surface area contributed by atoms with Crippen LogP contribution in [0.2, 0.25) is 0 Å². The molecule has 0 radical (unpaired) electrons. The Morgan fingerprint density at radius 1 is 1.14 bits per heavy atom. The van der Waals surface area contributed by atoms with Gasteiger partial charge in [-0.15, -0.1) is 0 Å². The summed E-state index contributed by atoms with van der Waals surface area (Å²) >= 11 is 0. The molecule has 0 unspecified atom stereocenters. The lowest BCUT2D eigenvalue weighted by Gasteiger charge is -2.33. The molecule has 0 N–H and O–H groups in total. The van der Waals surface area contributed by atoms with Crippen molar-refractivity contribution in [1.29, 1.82) is 0 Å². The summed E-state index contributed by atoms with van der Waals surface area (Å²) in [6, 6.07) is 0.393. The number of amides is 2. The summed E-state index contributed by atoms with van der Waals surface area (Å²) in [6.45, 7) is 5.57. The minimum absolute atomic E-state index is 0.100. The van der Waals surface area contributed by atoms with E-state index in [9.17, 15) is 9.59 Å². The second-order valence-electron chi connectivity index (χ2n) is 8.55. The topological polar surface area (TPSA) is 69.6 Å². The van der Waals surface area contributed by atoms with E-state index in [0.717, 1.165) is 62.5 Å². The maximum Gasteiger partial charge on any atom is 0.224 e. The zero-order chi connectivity index (χ0) is 19.7. The number of aromatic nitrogens is 2. The van der Waals surface area contributed by atoms with Gasteiger partial charge in [0.15, 0.2) is 0 Å². The Bertz CT molecular complexity index is 752. The molecule has 4 rings (SSSR count). The molecule has 2 atom stereocenters. The number of carbonyl (C=O) groups excluding carboxylic acids is 2. The second-order valence-corrected chi connectivity index (χ2v) is 8.55. The van der Waals surface area contributed by atoms with Crippen LogP contribution in [-0.4, -0.2) is 75.8 Å². The van der Waals surface area contributed by atoms with E-state index >= 15 is 0 Å². The third kappa shape index (κ3) is 4.04. The van der Waals surface area contributed by atoms with Crippen molar-refractivity contribution in [1.82, 2.24) is 24.7 Å². The first-order chi connectivity index (χ1) is 13.5. The van der Waals surface area contributed by atoms with Crippen LogP contribution in [-0.2, 0) is 22.6 Å². The number of piperidine rings is 1. The number of hydrogen-bond acceptors (Lipinski definition) is 5. The number of carbonyl (C=O) groups is 2. The Kier molecular flexibility index (Phi) is 5.62. The predicted molar refractivity (Wildman–Crippen MR) is 106 cm³/mol. The van der Waals surface area contributed by atoms with Crippen LogP contribution in [0.4, 0.5) is 0 Å². The van der Waals surface area contributed by atoms with Crippen LogP contribution in [0, 0.1) is 0 Å². The fourth-order valence-corrected chi connectivity index (χ4v) is 4.73. The molecule has 4 heterocycles. The lowest BCUT2D eigenvalue weighted by molar-refractivity contribution is -0.132. The summed E-state index contributed by atoms with van der Waals surface area (Å²) in [7, 11) is 2.14. The molecule has 1 aromatic heterocycles. The van der Waals surface area contributed by atoms with Crippen LogP contribution in [0.25, 0.3) is 0 Å². The normalized spacial score (nSPS) is 25.6. The molecular formula is C21H31N5O2. The minimum atomic E-state index is 0.100. The molecule has 3 aliphatic rings. The summed E-state index contributed by atoms with van der Waals surface area (Å²) in [6.07, 6.45) is 7.84. The first-order valence-electron chi connectivity index (χ1n) is 10.6. The van der Waals surface area contributed by atoms with E-state index < -0.39 is 0 Å². The van der Waals surface area contributed by atoms with E-state index in [1.54, 1.807) is 6.92 Å². The van der Waals surface area contributed by atoms with E-state index in [4.69, 9.17) is 4.98 Å². The molecular weight excluding hydrogens is 354 g/mol. The first-order valence-corrected chi connectivity index (χ1v) is 10.6. The fourth-order valence-electron chi connectivity index (χ4n) is 4.73. The highest BCUT2D eigenvalue weighted by Crippen LogP contribution is 2.28.